The molecule has 1 fully saturated rings. The number of nitrogens with two attached hydrogens (primary N) is 1. The third kappa shape index (κ3) is 3.90. The van der Waals surface area contributed by atoms with Gasteiger partial charge in [0.25, 0.3) is 0 Å². The Labute approximate surface area is 114 Å². The van der Waals surface area contributed by atoms with Gasteiger partial charge in [0, 0.05) is 24.4 Å². The number of carboxylic acid groups (broad SMARTS) is 1. The van der Waals surface area contributed by atoms with Crippen LogP contribution in [0.4, 0.5) is 5.13 Å². The second kappa shape index (κ2) is 5.98. The van der Waals surface area contributed by atoms with Gasteiger partial charge in [-0.3, -0.25) is 9.59 Å². The van der Waals surface area contributed by atoms with E-state index in [2.05, 4.69) is 15.6 Å². The molecule has 1 unspecified atom stereocenters. The lowest BCUT2D eigenvalue weighted by molar-refractivity contribution is -0.138. The molecule has 0 saturated heterocycles. The predicted molar refractivity (Wildman–Crippen MR) is 70.9 cm³/mol. The van der Waals surface area contributed by atoms with E-state index in [1.807, 2.05) is 0 Å². The number of carbonyl (C=O) groups excluding carboxylic acids is 1. The number of thiazole rings is 1. The number of aliphatic carboxylic acids is 1. The maximum absolute atomic E-state index is 11.4. The van der Waals surface area contributed by atoms with Crippen molar-refractivity contribution in [3.63, 3.8) is 0 Å². The van der Waals surface area contributed by atoms with Crippen LogP contribution >= 0.6 is 11.3 Å². The molecule has 1 aromatic rings. The van der Waals surface area contributed by atoms with Gasteiger partial charge in [-0.05, 0) is 12.8 Å². The SMILES string of the molecule is NC(C(=O)O)c1csc(NCCNC(=O)C2CC2)n1. The Morgan fingerprint density at radius 1 is 1.53 bits per heavy atom. The first-order valence-electron chi connectivity index (χ1n) is 6.03. The van der Waals surface area contributed by atoms with Crippen LogP contribution in [-0.4, -0.2) is 35.1 Å². The number of rotatable bonds is 7. The third-order valence-corrected chi connectivity index (χ3v) is 3.57. The van der Waals surface area contributed by atoms with E-state index in [-0.39, 0.29) is 11.8 Å². The lowest BCUT2D eigenvalue weighted by atomic mass is 10.2. The topological polar surface area (TPSA) is 117 Å². The normalized spacial score (nSPS) is 15.8. The van der Waals surface area contributed by atoms with Gasteiger partial charge < -0.3 is 21.5 Å². The number of aromatic nitrogens is 1. The summed E-state index contributed by atoms with van der Waals surface area (Å²) in [6, 6.07) is -1.10. The van der Waals surface area contributed by atoms with Gasteiger partial charge in [-0.15, -0.1) is 11.3 Å². The molecule has 1 atom stereocenters. The quantitative estimate of drug-likeness (QED) is 0.530. The van der Waals surface area contributed by atoms with Crippen molar-refractivity contribution >= 4 is 28.3 Å². The summed E-state index contributed by atoms with van der Waals surface area (Å²) >= 11 is 1.29. The molecule has 1 aromatic heterocycles. The molecule has 0 spiro atoms. The van der Waals surface area contributed by atoms with Gasteiger partial charge in [-0.2, -0.15) is 0 Å². The average Bonchev–Trinajstić information content (AvgIpc) is 3.13. The van der Waals surface area contributed by atoms with E-state index in [0.717, 1.165) is 12.8 Å². The lowest BCUT2D eigenvalue weighted by Crippen LogP contribution is -2.29. The first kappa shape index (κ1) is 13.8. The van der Waals surface area contributed by atoms with Gasteiger partial charge in [0.15, 0.2) is 5.13 Å². The van der Waals surface area contributed by atoms with E-state index < -0.39 is 12.0 Å². The number of hydrogen-bond acceptors (Lipinski definition) is 6. The van der Waals surface area contributed by atoms with Gasteiger partial charge in [-0.1, -0.05) is 0 Å². The third-order valence-electron chi connectivity index (χ3n) is 2.76. The van der Waals surface area contributed by atoms with Crippen LogP contribution in [-0.2, 0) is 9.59 Å². The molecule has 0 aliphatic heterocycles. The van der Waals surface area contributed by atoms with Crippen molar-refractivity contribution in [1.82, 2.24) is 10.3 Å². The number of hydrogen-bond donors (Lipinski definition) is 4. The van der Waals surface area contributed by atoms with Crippen LogP contribution in [0, 0.1) is 5.92 Å². The summed E-state index contributed by atoms with van der Waals surface area (Å²) in [6.45, 7) is 1.07. The number of carboxylic acids is 1. The number of nitrogens with zero attached hydrogens (tertiary/aromatic N) is 1. The first-order chi connectivity index (χ1) is 9.08. The molecule has 8 heteroatoms. The zero-order valence-corrected chi connectivity index (χ0v) is 11.1. The van der Waals surface area contributed by atoms with Gasteiger partial charge in [-0.25, -0.2) is 4.98 Å². The zero-order valence-electron chi connectivity index (χ0n) is 10.3. The molecule has 104 valence electrons. The van der Waals surface area contributed by atoms with Gasteiger partial charge in [0.2, 0.25) is 5.91 Å². The highest BCUT2D eigenvalue weighted by molar-refractivity contribution is 7.13. The Morgan fingerprint density at radius 2 is 2.26 bits per heavy atom. The molecule has 2 rings (SSSR count). The summed E-state index contributed by atoms with van der Waals surface area (Å²) < 4.78 is 0. The first-order valence-corrected chi connectivity index (χ1v) is 6.91. The summed E-state index contributed by atoms with van der Waals surface area (Å²) in [5.74, 6) is -0.789. The summed E-state index contributed by atoms with van der Waals surface area (Å²) in [4.78, 5) is 26.1. The van der Waals surface area contributed by atoms with Crippen molar-refractivity contribution in [2.45, 2.75) is 18.9 Å². The zero-order chi connectivity index (χ0) is 13.8. The van der Waals surface area contributed by atoms with E-state index in [9.17, 15) is 9.59 Å². The Kier molecular flexibility index (Phi) is 4.33. The van der Waals surface area contributed by atoms with E-state index >= 15 is 0 Å². The number of amides is 1. The Bertz CT molecular complexity index is 472. The van der Waals surface area contributed by atoms with E-state index in [0.29, 0.717) is 23.9 Å². The highest BCUT2D eigenvalue weighted by Gasteiger charge is 2.28. The maximum Gasteiger partial charge on any atom is 0.326 e. The molecule has 19 heavy (non-hydrogen) atoms. The molecule has 0 bridgehead atoms. The summed E-state index contributed by atoms with van der Waals surface area (Å²) in [7, 11) is 0. The highest BCUT2D eigenvalue weighted by atomic mass is 32.1. The Balaban J connectivity index is 1.71. The van der Waals surface area contributed by atoms with Crippen LogP contribution in [0.2, 0.25) is 0 Å². The van der Waals surface area contributed by atoms with E-state index in [1.54, 1.807) is 5.38 Å². The molecule has 7 nitrogen and oxygen atoms in total. The molecule has 1 heterocycles. The molecular weight excluding hydrogens is 268 g/mol. The minimum Gasteiger partial charge on any atom is -0.480 e. The molecule has 1 aliphatic rings. The number of nitrogens with one attached hydrogen (secondary N) is 2. The predicted octanol–water partition coefficient (Wildman–Crippen LogP) is 0.166. The average molecular weight is 284 g/mol. The van der Waals surface area contributed by atoms with Gasteiger partial charge in [0.1, 0.15) is 6.04 Å². The molecule has 1 saturated carbocycles. The maximum atomic E-state index is 11.4. The highest BCUT2D eigenvalue weighted by Crippen LogP contribution is 2.28. The van der Waals surface area contributed by atoms with Crippen molar-refractivity contribution < 1.29 is 14.7 Å². The van der Waals surface area contributed by atoms with Crippen LogP contribution in [0.25, 0.3) is 0 Å². The van der Waals surface area contributed by atoms with Crippen molar-refractivity contribution in [2.24, 2.45) is 11.7 Å². The standard InChI is InChI=1S/C11H16N4O3S/c12-8(10(17)18)7-5-19-11(15-7)14-4-3-13-9(16)6-1-2-6/h5-6,8H,1-4,12H2,(H,13,16)(H,14,15)(H,17,18). The fraction of sp³-hybridized carbons (Fsp3) is 0.545. The minimum atomic E-state index is -1.10. The minimum absolute atomic E-state index is 0.106. The Morgan fingerprint density at radius 3 is 2.89 bits per heavy atom. The Hall–Kier alpha value is -1.67. The van der Waals surface area contributed by atoms with Crippen LogP contribution in [0.15, 0.2) is 5.38 Å². The van der Waals surface area contributed by atoms with Crippen molar-refractivity contribution in [1.29, 1.82) is 0 Å². The van der Waals surface area contributed by atoms with Crippen LogP contribution in [0.1, 0.15) is 24.6 Å². The summed E-state index contributed by atoms with van der Waals surface area (Å²) in [5.41, 5.74) is 5.78. The molecule has 5 N–H and O–H groups in total. The summed E-state index contributed by atoms with van der Waals surface area (Å²) in [5, 5.41) is 16.8. The molecule has 0 aromatic carbocycles. The number of anilines is 1. The van der Waals surface area contributed by atoms with Gasteiger partial charge >= 0.3 is 5.97 Å². The van der Waals surface area contributed by atoms with E-state index in [4.69, 9.17) is 10.8 Å². The molecule has 1 amide bonds. The lowest BCUT2D eigenvalue weighted by Gasteiger charge is -2.05. The fourth-order valence-corrected chi connectivity index (χ4v) is 2.26. The van der Waals surface area contributed by atoms with Crippen LogP contribution in [0.3, 0.4) is 0 Å². The summed E-state index contributed by atoms with van der Waals surface area (Å²) in [6.07, 6.45) is 1.98. The second-order valence-electron chi connectivity index (χ2n) is 4.39. The fourth-order valence-electron chi connectivity index (χ4n) is 1.48. The van der Waals surface area contributed by atoms with Crippen molar-refractivity contribution in [3.05, 3.63) is 11.1 Å². The largest absolute Gasteiger partial charge is 0.480 e. The number of carbonyl (C=O) groups is 2. The monoisotopic (exact) mass is 284 g/mol. The molecule has 1 aliphatic carbocycles. The van der Waals surface area contributed by atoms with Gasteiger partial charge in [0.05, 0.1) is 5.69 Å². The molecule has 0 radical (unpaired) electrons. The van der Waals surface area contributed by atoms with Crippen LogP contribution < -0.4 is 16.4 Å². The van der Waals surface area contributed by atoms with Crippen LogP contribution in [0.5, 0.6) is 0 Å². The smallest absolute Gasteiger partial charge is 0.326 e. The van der Waals surface area contributed by atoms with Crippen molar-refractivity contribution in [2.75, 3.05) is 18.4 Å². The second-order valence-corrected chi connectivity index (χ2v) is 5.24. The van der Waals surface area contributed by atoms with E-state index in [1.165, 1.54) is 11.3 Å². The molecular formula is C11H16N4O3S. The van der Waals surface area contributed by atoms with Crippen molar-refractivity contribution in [3.8, 4) is 0 Å².